The van der Waals surface area contributed by atoms with Crippen molar-refractivity contribution in [2.45, 2.75) is 6.61 Å². The Morgan fingerprint density at radius 1 is 1.04 bits per heavy atom. The first-order valence-corrected chi connectivity index (χ1v) is 7.21. The summed E-state index contributed by atoms with van der Waals surface area (Å²) in [5.74, 6) is -2.10. The molecule has 0 unspecified atom stereocenters. The molecule has 0 spiro atoms. The van der Waals surface area contributed by atoms with E-state index < -0.39 is 18.2 Å². The molecule has 130 valence electrons. The fraction of sp³-hybridized carbons (Fsp3) is 0.133. The first kappa shape index (κ1) is 17.2. The van der Waals surface area contributed by atoms with E-state index in [2.05, 4.69) is 19.9 Å². The molecular formula is C15H9ClF4N4O. The third kappa shape index (κ3) is 3.27. The summed E-state index contributed by atoms with van der Waals surface area (Å²) in [6, 6.07) is 5.82. The van der Waals surface area contributed by atoms with Crippen molar-refractivity contribution in [1.29, 1.82) is 0 Å². The van der Waals surface area contributed by atoms with Crippen LogP contribution in [-0.4, -0.2) is 26.4 Å². The van der Waals surface area contributed by atoms with Gasteiger partial charge in [-0.15, -0.1) is 10.2 Å². The molecule has 0 aliphatic carbocycles. The molecule has 0 atom stereocenters. The third-order valence-corrected chi connectivity index (χ3v) is 3.61. The quantitative estimate of drug-likeness (QED) is 0.648. The highest BCUT2D eigenvalue weighted by atomic mass is 35.5. The maximum absolute atomic E-state index is 13.9. The first-order valence-electron chi connectivity index (χ1n) is 6.84. The topological polar surface area (TPSA) is 52.8 Å². The van der Waals surface area contributed by atoms with E-state index in [1.165, 1.54) is 23.7 Å². The molecule has 0 bridgehead atoms. The molecule has 1 aromatic carbocycles. The summed E-state index contributed by atoms with van der Waals surface area (Å²) in [6.07, 6.45) is 0. The summed E-state index contributed by atoms with van der Waals surface area (Å²) in [5.41, 5.74) is -0.391. The Balaban J connectivity index is 2.11. The van der Waals surface area contributed by atoms with E-state index in [9.17, 15) is 17.6 Å². The van der Waals surface area contributed by atoms with Crippen molar-refractivity contribution in [1.82, 2.24) is 19.7 Å². The van der Waals surface area contributed by atoms with Crippen molar-refractivity contribution >= 4 is 11.6 Å². The van der Waals surface area contributed by atoms with E-state index in [0.717, 1.165) is 18.2 Å². The number of ether oxygens (including phenoxy) is 1. The normalized spacial score (nSPS) is 11.2. The van der Waals surface area contributed by atoms with E-state index in [1.54, 1.807) is 0 Å². The molecule has 25 heavy (non-hydrogen) atoms. The van der Waals surface area contributed by atoms with Crippen LogP contribution in [0, 0.1) is 11.6 Å². The fourth-order valence-electron chi connectivity index (χ4n) is 2.20. The molecule has 3 aromatic rings. The second-order valence-corrected chi connectivity index (χ2v) is 5.27. The molecule has 0 radical (unpaired) electrons. The Labute approximate surface area is 143 Å². The second-order valence-electron chi connectivity index (χ2n) is 4.86. The van der Waals surface area contributed by atoms with E-state index in [4.69, 9.17) is 11.6 Å². The van der Waals surface area contributed by atoms with Crippen molar-refractivity contribution in [2.24, 2.45) is 7.05 Å². The summed E-state index contributed by atoms with van der Waals surface area (Å²) in [6.45, 7) is -3.07. The van der Waals surface area contributed by atoms with Crippen LogP contribution in [0.4, 0.5) is 17.6 Å². The zero-order chi connectivity index (χ0) is 18.1. The Morgan fingerprint density at radius 3 is 2.32 bits per heavy atom. The predicted molar refractivity (Wildman–Crippen MR) is 81.2 cm³/mol. The number of halogens is 5. The smallest absolute Gasteiger partial charge is 0.388 e. The van der Waals surface area contributed by atoms with Gasteiger partial charge in [0, 0.05) is 13.1 Å². The van der Waals surface area contributed by atoms with Gasteiger partial charge in [0.25, 0.3) is 0 Å². The highest BCUT2D eigenvalue weighted by Crippen LogP contribution is 2.31. The van der Waals surface area contributed by atoms with Gasteiger partial charge >= 0.3 is 6.61 Å². The second kappa shape index (κ2) is 6.67. The summed E-state index contributed by atoms with van der Waals surface area (Å²) in [5, 5.41) is 7.66. The monoisotopic (exact) mass is 372 g/mol. The standard InChI is InChI=1S/C15H9ClF4N4O/c1-24-13(11-8(17)3-2-4-9(11)18)22-23-14(24)12-7(16)5-6-10(21-12)25-15(19)20/h2-6,15H,1H3. The number of hydrogen-bond donors (Lipinski definition) is 0. The maximum Gasteiger partial charge on any atom is 0.388 e. The van der Waals surface area contributed by atoms with Gasteiger partial charge in [0.1, 0.15) is 17.3 Å². The molecule has 0 saturated carbocycles. The number of pyridine rings is 1. The number of rotatable bonds is 4. The van der Waals surface area contributed by atoms with Crippen molar-refractivity contribution in [3.8, 4) is 28.8 Å². The lowest BCUT2D eigenvalue weighted by atomic mass is 10.2. The van der Waals surface area contributed by atoms with Gasteiger partial charge in [0.2, 0.25) is 5.88 Å². The van der Waals surface area contributed by atoms with Crippen LogP contribution in [0.2, 0.25) is 5.02 Å². The van der Waals surface area contributed by atoms with Crippen molar-refractivity contribution < 1.29 is 22.3 Å². The average Bonchev–Trinajstić information content (AvgIpc) is 2.90. The van der Waals surface area contributed by atoms with E-state index in [-0.39, 0.29) is 33.8 Å². The lowest BCUT2D eigenvalue weighted by molar-refractivity contribution is -0.0527. The average molecular weight is 373 g/mol. The molecule has 0 saturated heterocycles. The fourth-order valence-corrected chi connectivity index (χ4v) is 2.39. The molecular weight excluding hydrogens is 364 g/mol. The minimum absolute atomic E-state index is 0.0159. The van der Waals surface area contributed by atoms with Gasteiger partial charge in [-0.25, -0.2) is 13.8 Å². The Kier molecular flexibility index (Phi) is 4.58. The van der Waals surface area contributed by atoms with Gasteiger partial charge in [-0.1, -0.05) is 17.7 Å². The molecule has 0 N–H and O–H groups in total. The van der Waals surface area contributed by atoms with Crippen LogP contribution in [-0.2, 0) is 7.05 Å². The lowest BCUT2D eigenvalue weighted by Gasteiger charge is -2.08. The van der Waals surface area contributed by atoms with Gasteiger partial charge < -0.3 is 9.30 Å². The molecule has 0 amide bonds. The van der Waals surface area contributed by atoms with Crippen LogP contribution in [0.3, 0.4) is 0 Å². The van der Waals surface area contributed by atoms with Crippen LogP contribution < -0.4 is 4.74 Å². The molecule has 2 heterocycles. The number of benzene rings is 1. The first-order chi connectivity index (χ1) is 11.9. The van der Waals surface area contributed by atoms with Crippen LogP contribution in [0.1, 0.15) is 0 Å². The van der Waals surface area contributed by atoms with Crippen molar-refractivity contribution in [2.75, 3.05) is 0 Å². The summed E-state index contributed by atoms with van der Waals surface area (Å²) >= 11 is 6.02. The maximum atomic E-state index is 13.9. The van der Waals surface area contributed by atoms with Crippen LogP contribution >= 0.6 is 11.6 Å². The zero-order valence-corrected chi connectivity index (χ0v) is 13.3. The third-order valence-electron chi connectivity index (χ3n) is 3.30. The van der Waals surface area contributed by atoms with Gasteiger partial charge in [-0.05, 0) is 18.2 Å². The van der Waals surface area contributed by atoms with Gasteiger partial charge in [-0.2, -0.15) is 8.78 Å². The Bertz CT molecular complexity index is 912. The minimum atomic E-state index is -3.07. The molecule has 2 aromatic heterocycles. The van der Waals surface area contributed by atoms with Crippen LogP contribution in [0.15, 0.2) is 30.3 Å². The van der Waals surface area contributed by atoms with E-state index >= 15 is 0 Å². The molecule has 0 aliphatic heterocycles. The minimum Gasteiger partial charge on any atom is -0.417 e. The van der Waals surface area contributed by atoms with Crippen LogP contribution in [0.5, 0.6) is 5.88 Å². The molecule has 0 aliphatic rings. The van der Waals surface area contributed by atoms with Crippen molar-refractivity contribution in [3.63, 3.8) is 0 Å². The van der Waals surface area contributed by atoms with E-state index in [0.29, 0.717) is 0 Å². The number of hydrogen-bond acceptors (Lipinski definition) is 4. The molecule has 10 heteroatoms. The van der Waals surface area contributed by atoms with Crippen LogP contribution in [0.25, 0.3) is 22.9 Å². The zero-order valence-electron chi connectivity index (χ0n) is 12.6. The number of nitrogens with zero attached hydrogens (tertiary/aromatic N) is 4. The molecule has 3 rings (SSSR count). The predicted octanol–water partition coefficient (Wildman–Crippen LogP) is 4.08. The largest absolute Gasteiger partial charge is 0.417 e. The SMILES string of the molecule is Cn1c(-c2nc(OC(F)F)ccc2Cl)nnc1-c1c(F)cccc1F. The summed E-state index contributed by atoms with van der Waals surface area (Å²) < 4.78 is 58.0. The summed E-state index contributed by atoms with van der Waals surface area (Å²) in [4.78, 5) is 3.85. The van der Waals surface area contributed by atoms with E-state index in [1.807, 2.05) is 0 Å². The lowest BCUT2D eigenvalue weighted by Crippen LogP contribution is -2.05. The van der Waals surface area contributed by atoms with Gasteiger partial charge in [0.15, 0.2) is 11.6 Å². The van der Waals surface area contributed by atoms with Crippen molar-refractivity contribution in [3.05, 3.63) is 47.0 Å². The van der Waals surface area contributed by atoms with Gasteiger partial charge in [-0.3, -0.25) is 0 Å². The Hall–Kier alpha value is -2.68. The molecule has 5 nitrogen and oxygen atoms in total. The van der Waals surface area contributed by atoms with Gasteiger partial charge in [0.05, 0.1) is 10.6 Å². The highest BCUT2D eigenvalue weighted by Gasteiger charge is 2.22. The summed E-state index contributed by atoms with van der Waals surface area (Å²) in [7, 11) is 1.44. The molecule has 0 fully saturated rings. The highest BCUT2D eigenvalue weighted by molar-refractivity contribution is 6.32. The number of alkyl halides is 2. The Morgan fingerprint density at radius 2 is 1.68 bits per heavy atom. The number of aromatic nitrogens is 4.